The highest BCUT2D eigenvalue weighted by Gasteiger charge is 2.15. The Kier molecular flexibility index (Phi) is 5.88. The molecule has 0 fully saturated rings. The molecule has 0 bridgehead atoms. The van der Waals surface area contributed by atoms with Crippen LogP contribution in [0.25, 0.3) is 0 Å². The lowest BCUT2D eigenvalue weighted by Crippen LogP contribution is -2.24. The number of pyridine rings is 1. The molecule has 3 heterocycles. The van der Waals surface area contributed by atoms with Crippen LogP contribution in [0.1, 0.15) is 33.2 Å². The van der Waals surface area contributed by atoms with Gasteiger partial charge in [0.1, 0.15) is 17.8 Å². The zero-order valence-corrected chi connectivity index (χ0v) is 16.9. The van der Waals surface area contributed by atoms with E-state index in [-0.39, 0.29) is 24.8 Å². The van der Waals surface area contributed by atoms with Gasteiger partial charge in [0, 0.05) is 23.9 Å². The molecule has 0 radical (unpaired) electrons. The molecular weight excluding hydrogens is 398 g/mol. The lowest BCUT2D eigenvalue weighted by Gasteiger charge is -2.14. The van der Waals surface area contributed by atoms with E-state index in [0.717, 1.165) is 5.56 Å². The molecule has 4 rings (SSSR count). The largest absolute Gasteiger partial charge is 0.483 e. The Labute approximate surface area is 178 Å². The summed E-state index contributed by atoms with van der Waals surface area (Å²) < 4.78 is 12.6. The molecular formula is C21H21N7O3. The van der Waals surface area contributed by atoms with E-state index in [4.69, 9.17) is 14.9 Å². The van der Waals surface area contributed by atoms with Gasteiger partial charge in [0.2, 0.25) is 5.89 Å². The van der Waals surface area contributed by atoms with E-state index in [1.807, 2.05) is 30.3 Å². The molecule has 0 saturated carbocycles. The Morgan fingerprint density at radius 3 is 2.90 bits per heavy atom. The van der Waals surface area contributed by atoms with Crippen molar-refractivity contribution in [3.05, 3.63) is 83.5 Å². The molecule has 4 aromatic rings. The molecule has 10 heteroatoms. The number of carbonyl (C=O) groups is 1. The first-order valence-corrected chi connectivity index (χ1v) is 9.58. The standard InChI is InChI=1S/C21H21N7O3/c1-14-16(18(9-19(22)25-14)31-13-20-23-7-8-30-20)10-24-21(29)17-12-28(27-26-17)11-15-5-3-2-4-6-15/h2-9,12H,10-11,13H2,1H3,(H2,22,25)(H,24,29). The number of rotatable bonds is 8. The number of nitrogens with zero attached hydrogens (tertiary/aromatic N) is 5. The highest BCUT2D eigenvalue weighted by Crippen LogP contribution is 2.24. The van der Waals surface area contributed by atoms with E-state index >= 15 is 0 Å². The molecule has 0 aliphatic rings. The molecule has 1 aromatic carbocycles. The minimum absolute atomic E-state index is 0.130. The summed E-state index contributed by atoms with van der Waals surface area (Å²) in [6.07, 6.45) is 4.62. The smallest absolute Gasteiger partial charge is 0.273 e. The molecule has 158 valence electrons. The third-order valence-electron chi connectivity index (χ3n) is 4.53. The van der Waals surface area contributed by atoms with Crippen molar-refractivity contribution in [2.45, 2.75) is 26.6 Å². The number of aromatic nitrogens is 5. The topological polar surface area (TPSA) is 134 Å². The zero-order chi connectivity index (χ0) is 21.6. The molecule has 0 atom stereocenters. The highest BCUT2D eigenvalue weighted by molar-refractivity contribution is 5.91. The van der Waals surface area contributed by atoms with Crippen LogP contribution in [0.2, 0.25) is 0 Å². The number of nitrogens with one attached hydrogen (secondary N) is 1. The summed E-state index contributed by atoms with van der Waals surface area (Å²) in [5.41, 5.74) is 8.49. The molecule has 0 aliphatic carbocycles. The Hall–Kier alpha value is -4.21. The molecule has 0 saturated heterocycles. The average molecular weight is 419 g/mol. The second kappa shape index (κ2) is 9.08. The molecule has 31 heavy (non-hydrogen) atoms. The predicted octanol–water partition coefficient (Wildman–Crippen LogP) is 2.11. The number of nitrogens with two attached hydrogens (primary N) is 1. The number of amides is 1. The lowest BCUT2D eigenvalue weighted by atomic mass is 10.1. The Morgan fingerprint density at radius 2 is 2.13 bits per heavy atom. The van der Waals surface area contributed by atoms with E-state index < -0.39 is 0 Å². The maximum absolute atomic E-state index is 12.6. The SMILES string of the molecule is Cc1nc(N)cc(OCc2ncco2)c1CNC(=O)c1cn(Cc2ccccc2)nn1. The molecule has 0 unspecified atom stereocenters. The van der Waals surface area contributed by atoms with Crippen LogP contribution in [-0.4, -0.2) is 30.9 Å². The van der Waals surface area contributed by atoms with Gasteiger partial charge in [-0.1, -0.05) is 35.5 Å². The summed E-state index contributed by atoms with van der Waals surface area (Å²) in [5, 5.41) is 10.8. The van der Waals surface area contributed by atoms with E-state index in [1.165, 1.54) is 12.5 Å². The second-order valence-corrected chi connectivity index (χ2v) is 6.79. The third kappa shape index (κ3) is 5.04. The minimum atomic E-state index is -0.353. The number of hydrogen-bond acceptors (Lipinski definition) is 8. The Balaban J connectivity index is 1.42. The lowest BCUT2D eigenvalue weighted by molar-refractivity contribution is 0.0945. The van der Waals surface area contributed by atoms with Crippen LogP contribution >= 0.6 is 0 Å². The molecule has 10 nitrogen and oxygen atoms in total. The van der Waals surface area contributed by atoms with Gasteiger partial charge in [-0.25, -0.2) is 14.6 Å². The maximum Gasteiger partial charge on any atom is 0.273 e. The first-order valence-electron chi connectivity index (χ1n) is 9.58. The first-order chi connectivity index (χ1) is 15.1. The molecule has 0 aliphatic heterocycles. The van der Waals surface area contributed by atoms with Crippen molar-refractivity contribution in [2.24, 2.45) is 0 Å². The van der Waals surface area contributed by atoms with Crippen molar-refractivity contribution >= 4 is 11.7 Å². The summed E-state index contributed by atoms with van der Waals surface area (Å²) in [4.78, 5) is 20.9. The molecule has 3 N–H and O–H groups in total. The zero-order valence-electron chi connectivity index (χ0n) is 16.9. The van der Waals surface area contributed by atoms with Crippen LogP contribution in [-0.2, 0) is 19.7 Å². The van der Waals surface area contributed by atoms with Gasteiger partial charge in [0.15, 0.2) is 12.3 Å². The van der Waals surface area contributed by atoms with Crippen molar-refractivity contribution in [3.63, 3.8) is 0 Å². The van der Waals surface area contributed by atoms with Crippen LogP contribution in [0, 0.1) is 6.92 Å². The van der Waals surface area contributed by atoms with Crippen molar-refractivity contribution in [2.75, 3.05) is 5.73 Å². The number of anilines is 1. The number of benzene rings is 1. The Morgan fingerprint density at radius 1 is 1.29 bits per heavy atom. The fourth-order valence-corrected chi connectivity index (χ4v) is 3.01. The maximum atomic E-state index is 12.6. The van der Waals surface area contributed by atoms with E-state index in [2.05, 4.69) is 25.6 Å². The number of nitrogen functional groups attached to an aromatic ring is 1. The minimum Gasteiger partial charge on any atom is -0.483 e. The van der Waals surface area contributed by atoms with Gasteiger partial charge in [0.25, 0.3) is 5.91 Å². The fourth-order valence-electron chi connectivity index (χ4n) is 3.01. The van der Waals surface area contributed by atoms with Crippen molar-refractivity contribution in [3.8, 4) is 5.75 Å². The number of oxazole rings is 1. The number of hydrogen-bond donors (Lipinski definition) is 2. The summed E-state index contributed by atoms with van der Waals surface area (Å²) in [5.74, 6) is 0.891. The van der Waals surface area contributed by atoms with E-state index in [1.54, 1.807) is 23.9 Å². The van der Waals surface area contributed by atoms with Gasteiger partial charge in [-0.3, -0.25) is 4.79 Å². The van der Waals surface area contributed by atoms with Crippen molar-refractivity contribution < 1.29 is 13.9 Å². The predicted molar refractivity (Wildman–Crippen MR) is 111 cm³/mol. The van der Waals surface area contributed by atoms with Gasteiger partial charge in [-0.05, 0) is 12.5 Å². The summed E-state index contributed by atoms with van der Waals surface area (Å²) in [6, 6.07) is 11.4. The number of aryl methyl sites for hydroxylation is 1. The molecule has 1 amide bonds. The summed E-state index contributed by atoms with van der Waals surface area (Å²) in [7, 11) is 0. The normalized spacial score (nSPS) is 10.7. The van der Waals surface area contributed by atoms with Gasteiger partial charge in [-0.15, -0.1) is 5.10 Å². The molecule has 3 aromatic heterocycles. The monoisotopic (exact) mass is 419 g/mol. The van der Waals surface area contributed by atoms with Crippen molar-refractivity contribution in [1.29, 1.82) is 0 Å². The summed E-state index contributed by atoms with van der Waals surface area (Å²) in [6.45, 7) is 2.64. The quantitative estimate of drug-likeness (QED) is 0.443. The second-order valence-electron chi connectivity index (χ2n) is 6.79. The average Bonchev–Trinajstić information content (AvgIpc) is 3.44. The summed E-state index contributed by atoms with van der Waals surface area (Å²) >= 11 is 0. The van der Waals surface area contributed by atoms with E-state index in [0.29, 0.717) is 35.3 Å². The fraction of sp³-hybridized carbons (Fsp3) is 0.190. The number of ether oxygens (including phenoxy) is 1. The van der Waals surface area contributed by atoms with Crippen LogP contribution in [0.5, 0.6) is 5.75 Å². The highest BCUT2D eigenvalue weighted by atomic mass is 16.5. The third-order valence-corrected chi connectivity index (χ3v) is 4.53. The number of carbonyl (C=O) groups excluding carboxylic acids is 1. The van der Waals surface area contributed by atoms with Gasteiger partial charge < -0.3 is 20.2 Å². The van der Waals surface area contributed by atoms with Crippen LogP contribution in [0.3, 0.4) is 0 Å². The van der Waals surface area contributed by atoms with Crippen LogP contribution in [0.15, 0.2) is 59.5 Å². The van der Waals surface area contributed by atoms with Gasteiger partial charge >= 0.3 is 0 Å². The molecule has 0 spiro atoms. The van der Waals surface area contributed by atoms with Crippen LogP contribution in [0.4, 0.5) is 5.82 Å². The van der Waals surface area contributed by atoms with E-state index in [9.17, 15) is 4.79 Å². The van der Waals surface area contributed by atoms with Crippen LogP contribution < -0.4 is 15.8 Å². The van der Waals surface area contributed by atoms with Gasteiger partial charge in [0.05, 0.1) is 18.9 Å². The Bertz CT molecular complexity index is 1160. The van der Waals surface area contributed by atoms with Crippen molar-refractivity contribution in [1.82, 2.24) is 30.3 Å². The first kappa shape index (κ1) is 20.1. The van der Waals surface area contributed by atoms with Gasteiger partial charge in [-0.2, -0.15) is 0 Å².